The highest BCUT2D eigenvalue weighted by Crippen LogP contribution is 2.42. The lowest BCUT2D eigenvalue weighted by atomic mass is 9.96. The van der Waals surface area contributed by atoms with Crippen molar-refractivity contribution >= 4 is 81.3 Å². The van der Waals surface area contributed by atoms with E-state index in [0.29, 0.717) is 22.1 Å². The Hall–Kier alpha value is -5.78. The van der Waals surface area contributed by atoms with Crippen molar-refractivity contribution in [1.82, 2.24) is 30.8 Å². The number of allylic oxidation sites excluding steroid dienone is 1. The summed E-state index contributed by atoms with van der Waals surface area (Å²) in [5, 5.41) is 58.8. The zero-order valence-corrected chi connectivity index (χ0v) is 29.2. The van der Waals surface area contributed by atoms with Crippen molar-refractivity contribution in [2.75, 3.05) is 17.2 Å². The van der Waals surface area contributed by atoms with Crippen molar-refractivity contribution in [2.24, 2.45) is 10.1 Å². The van der Waals surface area contributed by atoms with Crippen molar-refractivity contribution in [3.63, 3.8) is 0 Å². The Bertz CT molecular complexity index is 2080. The van der Waals surface area contributed by atoms with Crippen molar-refractivity contribution < 1.29 is 54.3 Å². The number of anilines is 1. The number of phenolic OH excluding ortho intramolecular Hbond substituents is 2. The summed E-state index contributed by atoms with van der Waals surface area (Å²) in [5.74, 6) is -5.23. The summed E-state index contributed by atoms with van der Waals surface area (Å²) in [6, 6.07) is 1.95. The third kappa shape index (κ3) is 6.56. The van der Waals surface area contributed by atoms with Crippen LogP contribution in [0.3, 0.4) is 0 Å². The number of nitrogens with two attached hydrogens (primary N) is 1. The van der Waals surface area contributed by atoms with Gasteiger partial charge in [-0.1, -0.05) is 11.2 Å². The van der Waals surface area contributed by atoms with E-state index < -0.39 is 64.1 Å². The van der Waals surface area contributed by atoms with E-state index in [0.717, 1.165) is 40.3 Å². The molecule has 1 saturated heterocycles. The number of carbonyl (C=O) groups excluding carboxylic acids is 2. The Kier molecular flexibility index (Phi) is 9.52. The summed E-state index contributed by atoms with van der Waals surface area (Å²) in [5.41, 5.74) is 6.06. The number of oxime groups is 1. The molecule has 1 aromatic heterocycles. The number of aromatic nitrogens is 1. The lowest BCUT2D eigenvalue weighted by Gasteiger charge is -2.49. The maximum absolute atomic E-state index is 13.6. The van der Waals surface area contributed by atoms with E-state index >= 15 is 0 Å². The molecule has 272 valence electrons. The number of carbonyl (C=O) groups is 5. The van der Waals surface area contributed by atoms with Crippen LogP contribution in [0.2, 0.25) is 0 Å². The van der Waals surface area contributed by atoms with Crippen LogP contribution in [0, 0.1) is 0 Å². The van der Waals surface area contributed by atoms with Gasteiger partial charge in [-0.15, -0.1) is 40.4 Å². The number of nitrogen functional groups attached to an aromatic ring is 1. The van der Waals surface area contributed by atoms with Gasteiger partial charge >= 0.3 is 18.0 Å². The molecule has 5 heterocycles. The van der Waals surface area contributed by atoms with E-state index in [1.807, 2.05) is 0 Å². The quantitative estimate of drug-likeness (QED) is 0.0688. The number of carboxylic acids is 2. The van der Waals surface area contributed by atoms with Crippen LogP contribution >= 0.6 is 34.9 Å². The number of phenols is 2. The van der Waals surface area contributed by atoms with Crippen LogP contribution in [0.4, 0.5) is 9.93 Å². The number of carboxylic acid groups (broad SMARTS) is 3. The third-order valence-electron chi connectivity index (χ3n) is 7.90. The van der Waals surface area contributed by atoms with Crippen molar-refractivity contribution in [3.05, 3.63) is 69.2 Å². The topological polar surface area (TPSA) is 293 Å². The number of aliphatic carboxylic acids is 2. The normalized spacial score (nSPS) is 20.9. The molecule has 3 atom stereocenters. The first-order valence-electron chi connectivity index (χ1n) is 14.7. The second-order valence-electron chi connectivity index (χ2n) is 11.4. The maximum atomic E-state index is 13.6. The largest absolute Gasteiger partial charge is 0.504 e. The lowest BCUT2D eigenvalue weighted by molar-refractivity contribution is -0.165. The van der Waals surface area contributed by atoms with E-state index in [9.17, 15) is 49.5 Å². The smallest absolute Gasteiger partial charge is 0.427 e. The van der Waals surface area contributed by atoms with Crippen molar-refractivity contribution in [2.45, 2.75) is 30.9 Å². The predicted molar refractivity (Wildman–Crippen MR) is 185 cm³/mol. The number of benzene rings is 1. The summed E-state index contributed by atoms with van der Waals surface area (Å²) >= 11 is 3.34. The van der Waals surface area contributed by atoms with Gasteiger partial charge in [0.1, 0.15) is 22.8 Å². The van der Waals surface area contributed by atoms with Gasteiger partial charge in [0.15, 0.2) is 28.2 Å². The summed E-state index contributed by atoms with van der Waals surface area (Å²) in [7, 11) is 0. The minimum Gasteiger partial charge on any atom is -0.504 e. The van der Waals surface area contributed by atoms with Gasteiger partial charge in [0.25, 0.3) is 17.4 Å². The highest BCUT2D eigenvalue weighted by Gasteiger charge is 2.54. The molecule has 2 aromatic rings. The van der Waals surface area contributed by atoms with E-state index in [2.05, 4.69) is 26.0 Å². The number of rotatable bonds is 11. The number of nitrogens with one attached hydrogen (secondary N) is 2. The predicted octanol–water partition coefficient (Wildman–Crippen LogP) is 1.16. The molecule has 52 heavy (non-hydrogen) atoms. The van der Waals surface area contributed by atoms with E-state index in [1.54, 1.807) is 13.0 Å². The number of aliphatic imine (C=N–C) groups is 1. The molecule has 23 heteroatoms. The minimum atomic E-state index is -2.28. The van der Waals surface area contributed by atoms with Gasteiger partial charge in [-0.2, -0.15) is 5.01 Å². The lowest BCUT2D eigenvalue weighted by Crippen LogP contribution is -2.71. The molecular formula is C29H27N9O11S3. The maximum Gasteiger partial charge on any atom is 0.427 e. The fourth-order valence-electron chi connectivity index (χ4n) is 5.20. The van der Waals surface area contributed by atoms with Crippen LogP contribution < -0.4 is 16.6 Å². The van der Waals surface area contributed by atoms with Crippen molar-refractivity contribution in [3.8, 4) is 11.5 Å². The van der Waals surface area contributed by atoms with Crippen LogP contribution in [-0.2, 0) is 29.6 Å². The second kappa shape index (κ2) is 13.7. The fraction of sp³-hybridized carbons (Fsp3) is 0.241. The number of hydrazine groups is 2. The molecule has 9 N–H and O–H groups in total. The Morgan fingerprint density at radius 2 is 1.96 bits per heavy atom. The number of thioether (sulfide) groups is 2. The second-order valence-corrected chi connectivity index (χ2v) is 14.4. The molecule has 1 unspecified atom stereocenters. The van der Waals surface area contributed by atoms with Gasteiger partial charge in [0, 0.05) is 28.2 Å². The summed E-state index contributed by atoms with van der Waals surface area (Å²) < 4.78 is 0. The van der Waals surface area contributed by atoms with Gasteiger partial charge in [0.2, 0.25) is 0 Å². The molecule has 0 spiro atoms. The third-order valence-corrected chi connectivity index (χ3v) is 11.0. The Balaban J connectivity index is 1.20. The van der Waals surface area contributed by atoms with Crippen LogP contribution in [0.15, 0.2) is 68.1 Å². The number of thiazole rings is 1. The van der Waals surface area contributed by atoms with Crippen LogP contribution in [0.1, 0.15) is 25.1 Å². The number of β-lactam (4-membered cyclic amide) rings is 1. The highest BCUT2D eigenvalue weighted by atomic mass is 32.2. The molecule has 4 aliphatic heterocycles. The minimum absolute atomic E-state index is 0.0359. The number of fused-ring (bicyclic) bond motifs is 2. The Morgan fingerprint density at radius 1 is 1.21 bits per heavy atom. The highest BCUT2D eigenvalue weighted by molar-refractivity contribution is 8.03. The van der Waals surface area contributed by atoms with Crippen molar-refractivity contribution in [1.29, 1.82) is 0 Å². The first-order chi connectivity index (χ1) is 24.6. The first kappa shape index (κ1) is 36.0. The zero-order valence-electron chi connectivity index (χ0n) is 26.7. The van der Waals surface area contributed by atoms with Gasteiger partial charge < -0.3 is 41.4 Å². The molecule has 1 aromatic carbocycles. The summed E-state index contributed by atoms with van der Waals surface area (Å²) in [6.45, 7) is 2.81. The molecule has 0 radical (unpaired) electrons. The van der Waals surface area contributed by atoms with E-state index in [-0.39, 0.29) is 33.6 Å². The summed E-state index contributed by atoms with van der Waals surface area (Å²) in [6.07, 6.45) is 1.71. The van der Waals surface area contributed by atoms with Crippen LogP contribution in [0.25, 0.3) is 0 Å². The molecule has 1 fully saturated rings. The number of aromatic hydroxyl groups is 2. The molecule has 20 nitrogen and oxygen atoms in total. The summed E-state index contributed by atoms with van der Waals surface area (Å²) in [4.78, 5) is 78.1. The number of amides is 3. The van der Waals surface area contributed by atoms with Gasteiger partial charge in [-0.3, -0.25) is 14.5 Å². The average molecular weight is 774 g/mol. The van der Waals surface area contributed by atoms with Gasteiger partial charge in [-0.05, 0) is 37.6 Å². The van der Waals surface area contributed by atoms with E-state index in [1.165, 1.54) is 46.2 Å². The van der Waals surface area contributed by atoms with Crippen LogP contribution in [0.5, 0.6) is 11.5 Å². The zero-order chi connectivity index (χ0) is 37.6. The Morgan fingerprint density at radius 3 is 2.60 bits per heavy atom. The van der Waals surface area contributed by atoms with Gasteiger partial charge in [-0.25, -0.2) is 29.4 Å². The molecule has 4 aliphatic rings. The molecular weight excluding hydrogens is 747 g/mol. The first-order valence-corrected chi connectivity index (χ1v) is 17.6. The molecule has 6 rings (SSSR count). The standard InChI is InChI=1S/C29H27N9O11S3/c1-11-5-18(38-17(31-11)7-36(35-38)28(47)48)50-8-12-9-51-24-20(23(42)37(24)21(12)25(43)44)33-22(41)19(14-10-52-27(30)32-14)34-49-29(2,26(45)46)13-3-4-15(39)16(40)6-13/h3-7,10,20,24,35,39-40H,8-9H2,1-2H3,(H2,30,32)(H,33,41)(H,43,44)(H,45,46)(H,47,48)/t20-,24-,29?/m1/s1. The SMILES string of the molecule is CC1=NC2=CN(C(=O)O)NN2C(SCC2=C(C(=O)O)N3C(=O)[C@@H](NC(=O)C(=NOC(C)(C(=O)O)c4ccc(O)c(O)c4)c4csc(N)n4)[C@H]3SC2)=C1. The Labute approximate surface area is 304 Å². The number of hydrogen-bond donors (Lipinski definition) is 8. The van der Waals surface area contributed by atoms with Crippen LogP contribution in [-0.4, -0.2) is 110 Å². The van der Waals surface area contributed by atoms with Gasteiger partial charge in [0.05, 0.1) is 11.2 Å². The molecule has 0 bridgehead atoms. The molecule has 3 amide bonds. The number of hydrogen-bond acceptors (Lipinski definition) is 17. The van der Waals surface area contributed by atoms with E-state index in [4.69, 9.17) is 10.6 Å². The average Bonchev–Trinajstić information content (AvgIpc) is 3.73. The molecule has 0 saturated carbocycles. The monoisotopic (exact) mass is 773 g/mol. The fourth-order valence-corrected chi connectivity index (χ4v) is 8.30. The number of nitrogens with zero attached hydrogens (tertiary/aromatic N) is 6. The molecule has 0 aliphatic carbocycles.